The Balaban J connectivity index is 3.70. The van der Waals surface area contributed by atoms with Crippen LogP contribution in [-0.2, 0) is 4.79 Å². The van der Waals surface area contributed by atoms with Gasteiger partial charge in [-0.2, -0.15) is 0 Å². The van der Waals surface area contributed by atoms with Crippen molar-refractivity contribution < 1.29 is 4.79 Å². The SMILES string of the molecule is CCCCCCC[C](C)CC(C)(C)CNC(C)=O. The van der Waals surface area contributed by atoms with Gasteiger partial charge in [0.15, 0.2) is 0 Å². The number of amides is 1. The summed E-state index contributed by atoms with van der Waals surface area (Å²) >= 11 is 0. The minimum atomic E-state index is 0.0697. The fourth-order valence-electron chi connectivity index (χ4n) is 2.36. The lowest BCUT2D eigenvalue weighted by Gasteiger charge is -2.28. The van der Waals surface area contributed by atoms with E-state index in [4.69, 9.17) is 0 Å². The highest BCUT2D eigenvalue weighted by atomic mass is 16.1. The number of carbonyl (C=O) groups excluding carboxylic acids is 1. The predicted octanol–water partition coefficient (Wildman–Crippen LogP) is 4.49. The van der Waals surface area contributed by atoms with Crippen LogP contribution in [0.2, 0.25) is 0 Å². The fraction of sp³-hybridized carbons (Fsp3) is 0.875. The first-order valence-electron chi connectivity index (χ1n) is 7.43. The highest BCUT2D eigenvalue weighted by molar-refractivity contribution is 5.72. The Bertz CT molecular complexity index is 223. The first-order chi connectivity index (χ1) is 8.37. The maximum atomic E-state index is 10.9. The van der Waals surface area contributed by atoms with Gasteiger partial charge in [-0.1, -0.05) is 59.8 Å². The van der Waals surface area contributed by atoms with E-state index in [0.717, 1.165) is 13.0 Å². The molecule has 0 unspecified atom stereocenters. The molecule has 18 heavy (non-hydrogen) atoms. The summed E-state index contributed by atoms with van der Waals surface area (Å²) in [6.45, 7) is 11.3. The van der Waals surface area contributed by atoms with Gasteiger partial charge in [0, 0.05) is 13.5 Å². The van der Waals surface area contributed by atoms with Crippen molar-refractivity contribution in [1.82, 2.24) is 5.32 Å². The molecule has 0 saturated carbocycles. The van der Waals surface area contributed by atoms with Crippen molar-refractivity contribution >= 4 is 5.91 Å². The van der Waals surface area contributed by atoms with E-state index in [0.29, 0.717) is 0 Å². The second-order valence-electron chi connectivity index (χ2n) is 6.37. The number of hydrogen-bond acceptors (Lipinski definition) is 1. The van der Waals surface area contributed by atoms with Gasteiger partial charge in [0.25, 0.3) is 0 Å². The maximum absolute atomic E-state index is 10.9. The van der Waals surface area contributed by atoms with E-state index in [-0.39, 0.29) is 11.3 Å². The van der Waals surface area contributed by atoms with Crippen LogP contribution in [0.3, 0.4) is 0 Å². The summed E-state index contributed by atoms with van der Waals surface area (Å²) in [7, 11) is 0. The average molecular weight is 254 g/mol. The fourth-order valence-corrected chi connectivity index (χ4v) is 2.36. The van der Waals surface area contributed by atoms with Gasteiger partial charge in [-0.25, -0.2) is 0 Å². The molecule has 0 aromatic carbocycles. The highest BCUT2D eigenvalue weighted by Gasteiger charge is 2.21. The molecule has 0 aliphatic carbocycles. The molecule has 1 radical (unpaired) electrons. The largest absolute Gasteiger partial charge is 0.356 e. The molecule has 0 spiro atoms. The van der Waals surface area contributed by atoms with Crippen molar-refractivity contribution in [1.29, 1.82) is 0 Å². The van der Waals surface area contributed by atoms with Crippen LogP contribution in [0.4, 0.5) is 0 Å². The van der Waals surface area contributed by atoms with Gasteiger partial charge in [0.1, 0.15) is 0 Å². The molecule has 0 atom stereocenters. The molecule has 1 amide bonds. The van der Waals surface area contributed by atoms with Crippen LogP contribution >= 0.6 is 0 Å². The van der Waals surface area contributed by atoms with Crippen LogP contribution in [0, 0.1) is 11.3 Å². The molecule has 0 aromatic rings. The molecule has 0 saturated heterocycles. The van der Waals surface area contributed by atoms with Crippen LogP contribution in [0.5, 0.6) is 0 Å². The zero-order chi connectivity index (χ0) is 14.0. The lowest BCUT2D eigenvalue weighted by atomic mass is 9.81. The Morgan fingerprint density at radius 2 is 1.67 bits per heavy atom. The Morgan fingerprint density at radius 3 is 2.22 bits per heavy atom. The predicted molar refractivity (Wildman–Crippen MR) is 79.4 cm³/mol. The molecule has 0 aliphatic heterocycles. The number of hydrogen-bond donors (Lipinski definition) is 1. The Hall–Kier alpha value is -0.530. The Morgan fingerprint density at radius 1 is 1.06 bits per heavy atom. The monoisotopic (exact) mass is 254 g/mol. The van der Waals surface area contributed by atoms with Crippen LogP contribution in [0.15, 0.2) is 0 Å². The topological polar surface area (TPSA) is 29.1 Å². The number of rotatable bonds is 10. The molecule has 107 valence electrons. The van der Waals surface area contributed by atoms with Gasteiger partial charge in [0.05, 0.1) is 0 Å². The third-order valence-electron chi connectivity index (χ3n) is 3.30. The summed E-state index contributed by atoms with van der Waals surface area (Å²) in [6.07, 6.45) is 9.09. The molecule has 0 rings (SSSR count). The molecule has 0 heterocycles. The van der Waals surface area contributed by atoms with Crippen LogP contribution in [0.25, 0.3) is 0 Å². The second-order valence-corrected chi connectivity index (χ2v) is 6.37. The summed E-state index contributed by atoms with van der Waals surface area (Å²) in [5.74, 6) is 1.64. The third kappa shape index (κ3) is 10.6. The molecule has 2 nitrogen and oxygen atoms in total. The standard InChI is InChI=1S/C16H32NO/c1-6-7-8-9-10-11-14(2)12-16(4,5)13-17-15(3)18/h6-13H2,1-5H3,(H,17,18). The van der Waals surface area contributed by atoms with Crippen molar-refractivity contribution in [3.8, 4) is 0 Å². The summed E-state index contributed by atoms with van der Waals surface area (Å²) in [6, 6.07) is 0. The molecule has 1 N–H and O–H groups in total. The smallest absolute Gasteiger partial charge is 0.216 e. The van der Waals surface area contributed by atoms with Crippen molar-refractivity contribution in [2.45, 2.75) is 79.6 Å². The van der Waals surface area contributed by atoms with Crippen molar-refractivity contribution in [2.24, 2.45) is 5.41 Å². The van der Waals surface area contributed by atoms with E-state index >= 15 is 0 Å². The second kappa shape index (κ2) is 9.41. The average Bonchev–Trinajstić information content (AvgIpc) is 2.26. The van der Waals surface area contributed by atoms with Crippen molar-refractivity contribution in [3.05, 3.63) is 5.92 Å². The van der Waals surface area contributed by atoms with Crippen LogP contribution < -0.4 is 5.32 Å². The van der Waals surface area contributed by atoms with Gasteiger partial charge in [-0.15, -0.1) is 0 Å². The molecule has 0 fully saturated rings. The lowest BCUT2D eigenvalue weighted by Crippen LogP contribution is -2.33. The number of unbranched alkanes of at least 4 members (excludes halogenated alkanes) is 4. The van der Waals surface area contributed by atoms with E-state index in [1.54, 1.807) is 12.8 Å². The van der Waals surface area contributed by atoms with Gasteiger partial charge < -0.3 is 5.32 Å². The first kappa shape index (κ1) is 17.5. The maximum Gasteiger partial charge on any atom is 0.216 e. The van der Waals surface area contributed by atoms with Gasteiger partial charge >= 0.3 is 0 Å². The molecular weight excluding hydrogens is 222 g/mol. The van der Waals surface area contributed by atoms with E-state index in [2.05, 4.69) is 33.0 Å². The zero-order valence-corrected chi connectivity index (χ0v) is 13.1. The molecular formula is C16H32NO. The van der Waals surface area contributed by atoms with Crippen molar-refractivity contribution in [2.75, 3.05) is 6.54 Å². The number of nitrogens with one attached hydrogen (secondary N) is 1. The van der Waals surface area contributed by atoms with E-state index in [1.807, 2.05) is 0 Å². The zero-order valence-electron chi connectivity index (χ0n) is 13.1. The molecule has 0 aliphatic rings. The third-order valence-corrected chi connectivity index (χ3v) is 3.30. The number of carbonyl (C=O) groups is 1. The summed E-state index contributed by atoms with van der Waals surface area (Å²) < 4.78 is 0. The molecule has 0 aromatic heterocycles. The minimum absolute atomic E-state index is 0.0697. The highest BCUT2D eigenvalue weighted by Crippen LogP contribution is 2.29. The quantitative estimate of drug-likeness (QED) is 0.572. The summed E-state index contributed by atoms with van der Waals surface area (Å²) in [5, 5.41) is 2.92. The van der Waals surface area contributed by atoms with E-state index < -0.39 is 0 Å². The van der Waals surface area contributed by atoms with Gasteiger partial charge in [-0.3, -0.25) is 4.79 Å². The summed E-state index contributed by atoms with van der Waals surface area (Å²) in [4.78, 5) is 10.9. The first-order valence-corrected chi connectivity index (χ1v) is 7.43. The Kier molecular flexibility index (Phi) is 9.13. The Labute approximate surface area is 114 Å². The molecule has 0 bridgehead atoms. The van der Waals surface area contributed by atoms with E-state index in [1.165, 1.54) is 38.5 Å². The summed E-state index contributed by atoms with van der Waals surface area (Å²) in [5.41, 5.74) is 0.180. The van der Waals surface area contributed by atoms with Gasteiger partial charge in [0.2, 0.25) is 5.91 Å². The lowest BCUT2D eigenvalue weighted by molar-refractivity contribution is -0.119. The van der Waals surface area contributed by atoms with Gasteiger partial charge in [-0.05, 0) is 24.2 Å². The van der Waals surface area contributed by atoms with E-state index in [9.17, 15) is 4.79 Å². The normalized spacial score (nSPS) is 11.9. The van der Waals surface area contributed by atoms with Crippen LogP contribution in [0.1, 0.15) is 79.6 Å². The molecule has 2 heteroatoms. The van der Waals surface area contributed by atoms with Crippen molar-refractivity contribution in [3.63, 3.8) is 0 Å². The van der Waals surface area contributed by atoms with Crippen LogP contribution in [-0.4, -0.2) is 12.5 Å². The minimum Gasteiger partial charge on any atom is -0.356 e.